The Balaban J connectivity index is 1.55. The molecule has 3 heterocycles. The van der Waals surface area contributed by atoms with E-state index in [1.54, 1.807) is 12.5 Å². The standard InChI is InChI=1S/C20H23N5O2/c1-14(25-5-7-27-8-6-25)20(26)23-19-10-17-9-15(3-4-16(17)11-22-19)18-12-21-13-24(18)2/h3-4,9-14H,5-8H2,1-2H3,(H,22,23,26)/t14-/m0/s1. The number of pyridine rings is 1. The Hall–Kier alpha value is -2.77. The Morgan fingerprint density at radius 2 is 2.00 bits per heavy atom. The maximum Gasteiger partial charge on any atom is 0.242 e. The molecule has 0 radical (unpaired) electrons. The minimum Gasteiger partial charge on any atom is -0.379 e. The first-order chi connectivity index (χ1) is 13.1. The molecule has 0 aliphatic carbocycles. The number of rotatable bonds is 4. The summed E-state index contributed by atoms with van der Waals surface area (Å²) in [6, 6.07) is 7.88. The summed E-state index contributed by atoms with van der Waals surface area (Å²) in [5, 5.41) is 5.00. The first-order valence-corrected chi connectivity index (χ1v) is 9.11. The fourth-order valence-electron chi connectivity index (χ4n) is 3.37. The fourth-order valence-corrected chi connectivity index (χ4v) is 3.37. The van der Waals surface area contributed by atoms with Crippen molar-refractivity contribution in [3.05, 3.63) is 43.0 Å². The molecule has 27 heavy (non-hydrogen) atoms. The van der Waals surface area contributed by atoms with Crippen LogP contribution in [0.3, 0.4) is 0 Å². The lowest BCUT2D eigenvalue weighted by Crippen LogP contribution is -2.47. The molecule has 0 unspecified atom stereocenters. The number of aryl methyl sites for hydroxylation is 1. The van der Waals surface area contributed by atoms with E-state index in [2.05, 4.69) is 32.3 Å². The van der Waals surface area contributed by atoms with Gasteiger partial charge in [-0.15, -0.1) is 0 Å². The number of hydrogen-bond donors (Lipinski definition) is 1. The molecule has 0 saturated carbocycles. The third-order valence-corrected chi connectivity index (χ3v) is 5.06. The highest BCUT2D eigenvalue weighted by Gasteiger charge is 2.23. The van der Waals surface area contributed by atoms with Crippen molar-refractivity contribution in [3.63, 3.8) is 0 Å². The van der Waals surface area contributed by atoms with Crippen LogP contribution in [-0.4, -0.2) is 57.7 Å². The van der Waals surface area contributed by atoms with Crippen molar-refractivity contribution in [1.29, 1.82) is 0 Å². The Morgan fingerprint density at radius 3 is 2.74 bits per heavy atom. The van der Waals surface area contributed by atoms with Crippen LogP contribution in [0.5, 0.6) is 0 Å². The highest BCUT2D eigenvalue weighted by molar-refractivity contribution is 5.96. The molecule has 1 amide bonds. The predicted octanol–water partition coefficient (Wildman–Crippen LogP) is 2.29. The van der Waals surface area contributed by atoms with E-state index in [0.29, 0.717) is 19.0 Å². The molecule has 0 spiro atoms. The van der Waals surface area contributed by atoms with Gasteiger partial charge in [-0.25, -0.2) is 9.97 Å². The summed E-state index contributed by atoms with van der Waals surface area (Å²) in [5.74, 6) is 0.515. The molecular formula is C20H23N5O2. The van der Waals surface area contributed by atoms with Gasteiger partial charge in [-0.3, -0.25) is 9.69 Å². The largest absolute Gasteiger partial charge is 0.379 e. The Bertz CT molecular complexity index is 962. The SMILES string of the molecule is C[C@@H](C(=O)Nc1cc2cc(-c3cncn3C)ccc2cn1)N1CCOCC1. The minimum atomic E-state index is -0.216. The lowest BCUT2D eigenvalue weighted by atomic mass is 10.1. The van der Waals surface area contributed by atoms with Crippen molar-refractivity contribution < 1.29 is 9.53 Å². The van der Waals surface area contributed by atoms with Crippen molar-refractivity contribution >= 4 is 22.5 Å². The second-order valence-electron chi connectivity index (χ2n) is 6.83. The van der Waals surface area contributed by atoms with Crippen LogP contribution in [0.2, 0.25) is 0 Å². The number of nitrogens with zero attached hydrogens (tertiary/aromatic N) is 4. The van der Waals surface area contributed by atoms with Crippen molar-refractivity contribution in [1.82, 2.24) is 19.4 Å². The van der Waals surface area contributed by atoms with Crippen molar-refractivity contribution in [2.45, 2.75) is 13.0 Å². The van der Waals surface area contributed by atoms with E-state index in [0.717, 1.165) is 35.1 Å². The summed E-state index contributed by atoms with van der Waals surface area (Å²) >= 11 is 0. The summed E-state index contributed by atoms with van der Waals surface area (Å²) in [6.07, 6.45) is 5.41. The van der Waals surface area contributed by atoms with Crippen molar-refractivity contribution in [2.75, 3.05) is 31.6 Å². The van der Waals surface area contributed by atoms with Crippen LogP contribution in [0.15, 0.2) is 43.0 Å². The zero-order valence-electron chi connectivity index (χ0n) is 15.6. The van der Waals surface area contributed by atoms with Gasteiger partial charge in [0, 0.05) is 37.3 Å². The van der Waals surface area contributed by atoms with Gasteiger partial charge in [0.2, 0.25) is 5.91 Å². The summed E-state index contributed by atoms with van der Waals surface area (Å²) < 4.78 is 7.34. The highest BCUT2D eigenvalue weighted by atomic mass is 16.5. The van der Waals surface area contributed by atoms with Crippen LogP contribution < -0.4 is 5.32 Å². The smallest absolute Gasteiger partial charge is 0.242 e. The number of fused-ring (bicyclic) bond motifs is 1. The molecule has 7 nitrogen and oxygen atoms in total. The molecule has 1 saturated heterocycles. The average molecular weight is 365 g/mol. The minimum absolute atomic E-state index is 0.0495. The van der Waals surface area contributed by atoms with Crippen LogP contribution in [0.4, 0.5) is 5.82 Å². The lowest BCUT2D eigenvalue weighted by molar-refractivity contribution is -0.122. The number of imidazole rings is 1. The van der Waals surface area contributed by atoms with Crippen LogP contribution in [0.25, 0.3) is 22.0 Å². The summed E-state index contributed by atoms with van der Waals surface area (Å²) in [5.41, 5.74) is 2.12. The summed E-state index contributed by atoms with van der Waals surface area (Å²) in [4.78, 5) is 23.3. The number of anilines is 1. The number of amides is 1. The van der Waals surface area contributed by atoms with Gasteiger partial charge in [-0.05, 0) is 24.4 Å². The lowest BCUT2D eigenvalue weighted by Gasteiger charge is -2.31. The quantitative estimate of drug-likeness (QED) is 0.768. The molecule has 1 fully saturated rings. The number of ether oxygens (including phenoxy) is 1. The van der Waals surface area contributed by atoms with Crippen molar-refractivity contribution in [3.8, 4) is 11.3 Å². The number of carbonyl (C=O) groups is 1. The van der Waals surface area contributed by atoms with E-state index in [4.69, 9.17) is 4.74 Å². The first kappa shape index (κ1) is 17.6. The van der Waals surface area contributed by atoms with Gasteiger partial charge in [0.25, 0.3) is 0 Å². The second-order valence-corrected chi connectivity index (χ2v) is 6.83. The topological polar surface area (TPSA) is 72.3 Å². The molecular weight excluding hydrogens is 342 g/mol. The number of morpholine rings is 1. The van der Waals surface area contributed by atoms with Gasteiger partial charge in [0.1, 0.15) is 5.82 Å². The molecule has 0 bridgehead atoms. The Kier molecular flexibility index (Phi) is 4.87. The number of hydrogen-bond acceptors (Lipinski definition) is 5. The first-order valence-electron chi connectivity index (χ1n) is 9.11. The molecule has 1 aliphatic heterocycles. The van der Waals surface area contributed by atoms with Crippen molar-refractivity contribution in [2.24, 2.45) is 7.05 Å². The van der Waals surface area contributed by atoms with E-state index in [1.165, 1.54) is 0 Å². The number of nitrogens with one attached hydrogen (secondary N) is 1. The molecule has 140 valence electrons. The van der Waals surface area contributed by atoms with E-state index in [1.807, 2.05) is 36.9 Å². The molecule has 1 atom stereocenters. The van der Waals surface area contributed by atoms with Crippen LogP contribution in [-0.2, 0) is 16.6 Å². The average Bonchev–Trinajstić information content (AvgIpc) is 3.13. The van der Waals surface area contributed by atoms with Gasteiger partial charge in [-0.1, -0.05) is 12.1 Å². The van der Waals surface area contributed by atoms with Gasteiger partial charge >= 0.3 is 0 Å². The zero-order valence-corrected chi connectivity index (χ0v) is 15.6. The van der Waals surface area contributed by atoms with Crippen LogP contribution >= 0.6 is 0 Å². The normalized spacial score (nSPS) is 16.4. The van der Waals surface area contributed by atoms with E-state index < -0.39 is 0 Å². The second kappa shape index (κ2) is 7.46. The van der Waals surface area contributed by atoms with Gasteiger partial charge in [-0.2, -0.15) is 0 Å². The number of carbonyl (C=O) groups excluding carboxylic acids is 1. The van der Waals surface area contributed by atoms with Gasteiger partial charge in [0.15, 0.2) is 0 Å². The molecule has 4 rings (SSSR count). The number of benzene rings is 1. The van der Waals surface area contributed by atoms with Crippen LogP contribution in [0.1, 0.15) is 6.92 Å². The molecule has 3 aromatic rings. The molecule has 7 heteroatoms. The maximum atomic E-state index is 12.6. The van der Waals surface area contributed by atoms with E-state index in [-0.39, 0.29) is 11.9 Å². The monoisotopic (exact) mass is 365 g/mol. The third kappa shape index (κ3) is 3.70. The molecule has 1 aromatic carbocycles. The molecule has 2 aromatic heterocycles. The predicted molar refractivity (Wildman–Crippen MR) is 104 cm³/mol. The highest BCUT2D eigenvalue weighted by Crippen LogP contribution is 2.25. The Morgan fingerprint density at radius 1 is 1.19 bits per heavy atom. The molecule has 1 N–H and O–H groups in total. The van der Waals surface area contributed by atoms with E-state index >= 15 is 0 Å². The van der Waals surface area contributed by atoms with Crippen LogP contribution in [0, 0.1) is 0 Å². The maximum absolute atomic E-state index is 12.6. The number of aromatic nitrogens is 3. The van der Waals surface area contributed by atoms with Gasteiger partial charge < -0.3 is 14.6 Å². The Labute approximate surface area is 158 Å². The van der Waals surface area contributed by atoms with E-state index in [9.17, 15) is 4.79 Å². The van der Waals surface area contributed by atoms with Gasteiger partial charge in [0.05, 0.1) is 37.5 Å². The summed E-state index contributed by atoms with van der Waals surface area (Å²) in [7, 11) is 1.97. The fraction of sp³-hybridized carbons (Fsp3) is 0.350. The molecule has 1 aliphatic rings. The third-order valence-electron chi connectivity index (χ3n) is 5.06. The summed E-state index contributed by atoms with van der Waals surface area (Å²) in [6.45, 7) is 4.80. The zero-order chi connectivity index (χ0) is 18.8.